The number of aliphatic hydroxyl groups is 1. The summed E-state index contributed by atoms with van der Waals surface area (Å²) in [4.78, 5) is 23.0. The molecule has 0 aliphatic carbocycles. The maximum absolute atomic E-state index is 12.3. The van der Waals surface area contributed by atoms with Crippen LogP contribution in [0.5, 0.6) is 0 Å². The van der Waals surface area contributed by atoms with E-state index in [1.807, 2.05) is 0 Å². The lowest BCUT2D eigenvalue weighted by Crippen LogP contribution is -2.30. The van der Waals surface area contributed by atoms with Crippen LogP contribution in [0.3, 0.4) is 0 Å². The number of carbonyl (C=O) groups is 1. The number of hydrogen-bond donors (Lipinski definition) is 2. The minimum absolute atomic E-state index is 0.0773. The van der Waals surface area contributed by atoms with Gasteiger partial charge in [-0.2, -0.15) is 13.2 Å². The molecule has 1 aromatic carbocycles. The lowest BCUT2D eigenvalue weighted by atomic mass is 10.1. The molecule has 0 bridgehead atoms. The smallest absolute Gasteiger partial charge is 0.395 e. The third kappa shape index (κ3) is 3.05. The highest BCUT2D eigenvalue weighted by atomic mass is 19.4. The van der Waals surface area contributed by atoms with E-state index in [1.54, 1.807) is 5.32 Å². The third-order valence-electron chi connectivity index (χ3n) is 2.87. The molecular weight excluding hydrogens is 289 g/mol. The first kappa shape index (κ1) is 15.0. The van der Waals surface area contributed by atoms with Gasteiger partial charge in [0.2, 0.25) is 0 Å². The molecule has 1 amide bonds. The van der Waals surface area contributed by atoms with Crippen LogP contribution in [-0.4, -0.2) is 28.4 Å². The van der Waals surface area contributed by atoms with Crippen molar-refractivity contribution in [2.45, 2.75) is 12.7 Å². The Kier molecular flexibility index (Phi) is 3.99. The van der Waals surface area contributed by atoms with Crippen molar-refractivity contribution in [3.63, 3.8) is 0 Å². The monoisotopic (exact) mass is 300 g/mol. The van der Waals surface area contributed by atoms with Crippen LogP contribution in [0.15, 0.2) is 35.3 Å². The number of pyridine rings is 1. The molecular formula is C13H11F3N2O3. The quantitative estimate of drug-likeness (QED) is 0.902. The average Bonchev–Trinajstić information content (AvgIpc) is 2.41. The van der Waals surface area contributed by atoms with Crippen LogP contribution in [0.1, 0.15) is 0 Å². The van der Waals surface area contributed by atoms with Crippen molar-refractivity contribution < 1.29 is 23.1 Å². The fraction of sp³-hybridized carbons (Fsp3) is 0.231. The number of benzene rings is 1. The molecule has 2 aromatic rings. The Morgan fingerprint density at radius 3 is 2.57 bits per heavy atom. The van der Waals surface area contributed by atoms with E-state index < -0.39 is 17.6 Å². The average molecular weight is 300 g/mol. The van der Waals surface area contributed by atoms with E-state index in [2.05, 4.69) is 0 Å². The number of hydrogen-bond acceptors (Lipinski definition) is 3. The van der Waals surface area contributed by atoms with E-state index in [1.165, 1.54) is 35.0 Å². The summed E-state index contributed by atoms with van der Waals surface area (Å²) >= 11 is 0. The Morgan fingerprint density at radius 1 is 1.24 bits per heavy atom. The highest BCUT2D eigenvalue weighted by Crippen LogP contribution is 2.23. The number of halogens is 3. The van der Waals surface area contributed by atoms with Gasteiger partial charge in [-0.05, 0) is 18.2 Å². The number of nitrogens with zero attached hydrogens (tertiary/aromatic N) is 1. The Balaban J connectivity index is 2.50. The van der Waals surface area contributed by atoms with Gasteiger partial charge in [0.25, 0.3) is 5.56 Å². The number of aromatic nitrogens is 1. The second-order valence-electron chi connectivity index (χ2n) is 4.26. The topological polar surface area (TPSA) is 71.3 Å². The first-order chi connectivity index (χ1) is 9.84. The fourth-order valence-electron chi connectivity index (χ4n) is 1.90. The predicted octanol–water partition coefficient (Wildman–Crippen LogP) is 1.49. The first-order valence-corrected chi connectivity index (χ1v) is 5.96. The molecule has 0 saturated heterocycles. The molecule has 5 nitrogen and oxygen atoms in total. The normalized spacial score (nSPS) is 11.6. The molecule has 0 aliphatic heterocycles. The van der Waals surface area contributed by atoms with E-state index in [-0.39, 0.29) is 29.6 Å². The van der Waals surface area contributed by atoms with E-state index in [0.29, 0.717) is 0 Å². The Morgan fingerprint density at radius 2 is 1.95 bits per heavy atom. The lowest BCUT2D eigenvalue weighted by molar-refractivity contribution is -0.167. The largest absolute Gasteiger partial charge is 0.471 e. The van der Waals surface area contributed by atoms with Gasteiger partial charge in [-0.25, -0.2) is 0 Å². The van der Waals surface area contributed by atoms with Crippen molar-refractivity contribution >= 4 is 22.4 Å². The van der Waals surface area contributed by atoms with E-state index in [4.69, 9.17) is 5.11 Å². The zero-order chi connectivity index (χ0) is 15.6. The molecule has 0 saturated carbocycles. The second-order valence-corrected chi connectivity index (χ2v) is 4.26. The summed E-state index contributed by atoms with van der Waals surface area (Å²) in [6, 6.07) is 5.51. The summed E-state index contributed by atoms with van der Waals surface area (Å²) in [6.45, 7) is -0.163. The molecule has 0 aliphatic rings. The number of carbonyl (C=O) groups excluding carboxylic acids is 1. The summed E-state index contributed by atoms with van der Waals surface area (Å²) in [6.07, 6.45) is -3.65. The van der Waals surface area contributed by atoms with Gasteiger partial charge in [0.05, 0.1) is 6.61 Å². The Labute approximate surface area is 116 Å². The molecule has 0 radical (unpaired) electrons. The van der Waals surface area contributed by atoms with Crippen molar-refractivity contribution in [2.24, 2.45) is 0 Å². The summed E-state index contributed by atoms with van der Waals surface area (Å²) in [5.41, 5.74) is -0.548. The lowest BCUT2D eigenvalue weighted by Gasteiger charge is -2.11. The molecule has 1 heterocycles. The van der Waals surface area contributed by atoms with Crippen molar-refractivity contribution in [2.75, 3.05) is 11.9 Å². The van der Waals surface area contributed by atoms with Gasteiger partial charge in [-0.3, -0.25) is 9.59 Å². The van der Waals surface area contributed by atoms with E-state index >= 15 is 0 Å². The van der Waals surface area contributed by atoms with Crippen molar-refractivity contribution in [1.82, 2.24) is 4.57 Å². The van der Waals surface area contributed by atoms with Crippen LogP contribution >= 0.6 is 0 Å². The summed E-state index contributed by atoms with van der Waals surface area (Å²) < 4.78 is 38.1. The molecule has 112 valence electrons. The van der Waals surface area contributed by atoms with Crippen LogP contribution < -0.4 is 10.9 Å². The number of fused-ring (bicyclic) bond motifs is 1. The van der Waals surface area contributed by atoms with Crippen LogP contribution in [0.2, 0.25) is 0 Å². The molecule has 0 spiro atoms. The molecule has 1 aromatic heterocycles. The summed E-state index contributed by atoms with van der Waals surface area (Å²) in [5, 5.41) is 10.9. The minimum atomic E-state index is -5.01. The molecule has 2 rings (SSSR count). The van der Waals surface area contributed by atoms with Gasteiger partial charge in [0.1, 0.15) is 0 Å². The molecule has 0 atom stereocenters. The van der Waals surface area contributed by atoms with Gasteiger partial charge < -0.3 is 15.0 Å². The fourth-order valence-corrected chi connectivity index (χ4v) is 1.90. The van der Waals surface area contributed by atoms with E-state index in [0.717, 1.165) is 0 Å². The maximum atomic E-state index is 12.3. The SMILES string of the molecule is O=C(Nc1cccc2c(=O)n(CCO)ccc12)C(F)(F)F. The van der Waals surface area contributed by atoms with Crippen LogP contribution in [0, 0.1) is 0 Å². The molecule has 8 heteroatoms. The van der Waals surface area contributed by atoms with Crippen molar-refractivity contribution in [1.29, 1.82) is 0 Å². The number of aliphatic hydroxyl groups excluding tert-OH is 1. The van der Waals surface area contributed by atoms with Crippen LogP contribution in [0.4, 0.5) is 18.9 Å². The second kappa shape index (κ2) is 5.57. The summed E-state index contributed by atoms with van der Waals surface area (Å²) in [5.74, 6) is -2.10. The van der Waals surface area contributed by atoms with Gasteiger partial charge in [0.15, 0.2) is 0 Å². The zero-order valence-electron chi connectivity index (χ0n) is 10.6. The number of rotatable bonds is 3. The molecule has 2 N–H and O–H groups in total. The maximum Gasteiger partial charge on any atom is 0.471 e. The van der Waals surface area contributed by atoms with E-state index in [9.17, 15) is 22.8 Å². The van der Waals surface area contributed by atoms with Crippen molar-refractivity contribution in [3.8, 4) is 0 Å². The highest BCUT2D eigenvalue weighted by molar-refractivity contribution is 6.03. The highest BCUT2D eigenvalue weighted by Gasteiger charge is 2.38. The predicted molar refractivity (Wildman–Crippen MR) is 70.0 cm³/mol. The number of nitrogens with one attached hydrogen (secondary N) is 1. The Bertz CT molecular complexity index is 737. The molecule has 0 fully saturated rings. The van der Waals surface area contributed by atoms with Gasteiger partial charge in [-0.1, -0.05) is 6.07 Å². The van der Waals surface area contributed by atoms with Gasteiger partial charge in [-0.15, -0.1) is 0 Å². The standard InChI is InChI=1S/C13H11F3N2O3/c14-13(15,16)12(21)17-10-3-1-2-9-8(10)4-5-18(6-7-19)11(9)20/h1-5,19H,6-7H2,(H,17,21). The number of anilines is 1. The van der Waals surface area contributed by atoms with Crippen LogP contribution in [0.25, 0.3) is 10.8 Å². The number of alkyl halides is 3. The Hall–Kier alpha value is -2.35. The summed E-state index contributed by atoms with van der Waals surface area (Å²) in [7, 11) is 0. The van der Waals surface area contributed by atoms with Crippen molar-refractivity contribution in [3.05, 3.63) is 40.8 Å². The minimum Gasteiger partial charge on any atom is -0.395 e. The van der Waals surface area contributed by atoms with Gasteiger partial charge >= 0.3 is 12.1 Å². The van der Waals surface area contributed by atoms with Crippen LogP contribution in [-0.2, 0) is 11.3 Å². The zero-order valence-corrected chi connectivity index (χ0v) is 10.6. The number of amides is 1. The molecule has 21 heavy (non-hydrogen) atoms. The first-order valence-electron chi connectivity index (χ1n) is 5.96. The van der Waals surface area contributed by atoms with Gasteiger partial charge in [0, 0.05) is 29.2 Å². The molecule has 0 unspecified atom stereocenters. The third-order valence-corrected chi connectivity index (χ3v) is 2.87.